The van der Waals surface area contributed by atoms with Crippen molar-refractivity contribution < 1.29 is 27.1 Å². The molecule has 37 heavy (non-hydrogen) atoms. The number of carbonyl (C=O) groups excluding carboxylic acids is 1. The molecule has 1 heterocycles. The van der Waals surface area contributed by atoms with Crippen LogP contribution in [0.4, 0.5) is 23.2 Å². The van der Waals surface area contributed by atoms with Gasteiger partial charge in [0.15, 0.2) is 0 Å². The zero-order valence-electron chi connectivity index (χ0n) is 19.9. The molecule has 1 amide bonds. The van der Waals surface area contributed by atoms with Crippen molar-refractivity contribution >= 4 is 34.1 Å². The topological polar surface area (TPSA) is 68.2 Å². The van der Waals surface area contributed by atoms with E-state index in [4.69, 9.17) is 16.3 Å². The van der Waals surface area contributed by atoms with E-state index in [1.165, 1.54) is 7.11 Å². The van der Waals surface area contributed by atoms with Gasteiger partial charge in [-0.2, -0.15) is 18.3 Å². The van der Waals surface area contributed by atoms with Crippen LogP contribution in [-0.4, -0.2) is 22.8 Å². The Morgan fingerprint density at radius 1 is 1.11 bits per heavy atom. The number of benzene rings is 3. The molecule has 11 heteroatoms. The van der Waals surface area contributed by atoms with Crippen LogP contribution in [0.3, 0.4) is 0 Å². The van der Waals surface area contributed by atoms with Crippen LogP contribution in [0.25, 0.3) is 10.9 Å². The van der Waals surface area contributed by atoms with Crippen molar-refractivity contribution in [1.82, 2.24) is 15.1 Å². The standard InChI is InChI=1S/C26H23ClF4N4O2/c1-3-35-22-8-7-18(25(36)33-13-16-5-6-17(28)11-20(16)26(29,30)31)24(19(22)14-34-35)32-12-15-4-9-23(37-2)21(27)10-15/h4-11,14,32H,3,12-13H2,1-2H3,(H,33,36). The summed E-state index contributed by atoms with van der Waals surface area (Å²) in [7, 11) is 1.51. The molecule has 4 rings (SSSR count). The quantitative estimate of drug-likeness (QED) is 0.256. The van der Waals surface area contributed by atoms with Crippen LogP contribution < -0.4 is 15.4 Å². The van der Waals surface area contributed by atoms with Crippen LogP contribution >= 0.6 is 11.6 Å². The summed E-state index contributed by atoms with van der Waals surface area (Å²) in [5.41, 5.74) is 0.910. The molecular formula is C26H23ClF4N4O2. The van der Waals surface area contributed by atoms with Gasteiger partial charge >= 0.3 is 6.18 Å². The molecule has 0 aliphatic rings. The van der Waals surface area contributed by atoms with Crippen LogP contribution in [0.1, 0.15) is 34.0 Å². The Labute approximate surface area is 215 Å². The third-order valence-corrected chi connectivity index (χ3v) is 6.17. The molecule has 0 saturated heterocycles. The number of rotatable bonds is 8. The number of aromatic nitrogens is 2. The Morgan fingerprint density at radius 2 is 1.89 bits per heavy atom. The summed E-state index contributed by atoms with van der Waals surface area (Å²) in [5.74, 6) is -1.08. The highest BCUT2D eigenvalue weighted by atomic mass is 35.5. The smallest absolute Gasteiger partial charge is 0.416 e. The van der Waals surface area contributed by atoms with Gasteiger partial charge < -0.3 is 15.4 Å². The lowest BCUT2D eigenvalue weighted by Crippen LogP contribution is -2.25. The molecule has 0 atom stereocenters. The fraction of sp³-hybridized carbons (Fsp3) is 0.231. The monoisotopic (exact) mass is 534 g/mol. The molecule has 194 valence electrons. The molecule has 4 aromatic rings. The highest BCUT2D eigenvalue weighted by Gasteiger charge is 2.33. The molecule has 0 saturated carbocycles. The van der Waals surface area contributed by atoms with Gasteiger partial charge in [0.25, 0.3) is 5.91 Å². The Hall–Kier alpha value is -3.79. The zero-order valence-corrected chi connectivity index (χ0v) is 20.7. The summed E-state index contributed by atoms with van der Waals surface area (Å²) < 4.78 is 60.5. The van der Waals surface area contributed by atoms with Crippen molar-refractivity contribution in [2.24, 2.45) is 0 Å². The maximum Gasteiger partial charge on any atom is 0.416 e. The number of halogens is 5. The van der Waals surface area contributed by atoms with Gasteiger partial charge in [0.05, 0.1) is 40.7 Å². The maximum absolute atomic E-state index is 13.4. The minimum atomic E-state index is -4.76. The first-order valence-electron chi connectivity index (χ1n) is 11.3. The highest BCUT2D eigenvalue weighted by molar-refractivity contribution is 6.32. The van der Waals surface area contributed by atoms with Crippen LogP contribution in [0, 0.1) is 5.82 Å². The van der Waals surface area contributed by atoms with Crippen LogP contribution in [0.2, 0.25) is 5.02 Å². The van der Waals surface area contributed by atoms with Crippen LogP contribution in [0.5, 0.6) is 5.75 Å². The number of hydrogen-bond acceptors (Lipinski definition) is 4. The number of amides is 1. The number of fused-ring (bicyclic) bond motifs is 1. The van der Waals surface area contributed by atoms with Gasteiger partial charge in [-0.3, -0.25) is 9.48 Å². The number of anilines is 1. The van der Waals surface area contributed by atoms with E-state index in [-0.39, 0.29) is 11.1 Å². The molecule has 0 unspecified atom stereocenters. The number of carbonyl (C=O) groups is 1. The average Bonchev–Trinajstić information content (AvgIpc) is 3.29. The SMILES string of the molecule is CCn1ncc2c(NCc3ccc(OC)c(Cl)c3)c(C(=O)NCc3ccc(F)cc3C(F)(F)F)ccc21. The Bertz CT molecular complexity index is 1450. The lowest BCUT2D eigenvalue weighted by Gasteiger charge is -2.16. The molecule has 0 radical (unpaired) electrons. The lowest BCUT2D eigenvalue weighted by atomic mass is 10.1. The fourth-order valence-electron chi connectivity index (χ4n) is 4.03. The van der Waals surface area contributed by atoms with Gasteiger partial charge in [-0.05, 0) is 54.4 Å². The van der Waals surface area contributed by atoms with Gasteiger partial charge in [-0.1, -0.05) is 23.7 Å². The normalized spacial score (nSPS) is 11.5. The first-order valence-corrected chi connectivity index (χ1v) is 11.7. The second kappa shape index (κ2) is 10.7. The highest BCUT2D eigenvalue weighted by Crippen LogP contribution is 2.33. The second-order valence-corrected chi connectivity index (χ2v) is 8.59. The summed E-state index contributed by atoms with van der Waals surface area (Å²) >= 11 is 6.23. The number of aryl methyl sites for hydroxylation is 1. The Balaban J connectivity index is 1.64. The predicted molar refractivity (Wildman–Crippen MR) is 133 cm³/mol. The summed E-state index contributed by atoms with van der Waals surface area (Å²) in [4.78, 5) is 13.2. The molecule has 0 aliphatic heterocycles. The molecule has 0 aliphatic carbocycles. The van der Waals surface area contributed by atoms with Gasteiger partial charge in [0, 0.05) is 25.0 Å². The summed E-state index contributed by atoms with van der Waals surface area (Å²) in [5, 5.41) is 11.2. The molecule has 2 N–H and O–H groups in total. The molecule has 6 nitrogen and oxygen atoms in total. The van der Waals surface area contributed by atoms with E-state index in [1.54, 1.807) is 35.1 Å². The van der Waals surface area contributed by atoms with E-state index in [0.717, 1.165) is 23.2 Å². The second-order valence-electron chi connectivity index (χ2n) is 8.19. The van der Waals surface area contributed by atoms with Crippen molar-refractivity contribution in [2.75, 3.05) is 12.4 Å². The van der Waals surface area contributed by atoms with E-state index in [0.29, 0.717) is 41.0 Å². The molecule has 0 spiro atoms. The largest absolute Gasteiger partial charge is 0.495 e. The zero-order chi connectivity index (χ0) is 26.7. The number of nitrogens with one attached hydrogen (secondary N) is 2. The lowest BCUT2D eigenvalue weighted by molar-refractivity contribution is -0.138. The van der Waals surface area contributed by atoms with Crippen molar-refractivity contribution in [3.05, 3.63) is 87.8 Å². The average molecular weight is 535 g/mol. The van der Waals surface area contributed by atoms with Gasteiger partial charge in [0.2, 0.25) is 0 Å². The van der Waals surface area contributed by atoms with E-state index in [9.17, 15) is 22.4 Å². The minimum absolute atomic E-state index is 0.221. The van der Waals surface area contributed by atoms with Crippen LogP contribution in [-0.2, 0) is 25.8 Å². The van der Waals surface area contributed by atoms with Gasteiger partial charge in [0.1, 0.15) is 11.6 Å². The van der Waals surface area contributed by atoms with Gasteiger partial charge in [-0.15, -0.1) is 0 Å². The van der Waals surface area contributed by atoms with Crippen molar-refractivity contribution in [1.29, 1.82) is 0 Å². The maximum atomic E-state index is 13.4. The number of nitrogens with zero attached hydrogens (tertiary/aromatic N) is 2. The third kappa shape index (κ3) is 5.64. The first-order chi connectivity index (χ1) is 17.6. The van der Waals surface area contributed by atoms with Crippen molar-refractivity contribution in [3.8, 4) is 5.75 Å². The van der Waals surface area contributed by atoms with Crippen LogP contribution in [0.15, 0.2) is 54.7 Å². The molecule has 1 aromatic heterocycles. The molecule has 0 fully saturated rings. The number of methoxy groups -OCH3 is 1. The summed E-state index contributed by atoms with van der Waals surface area (Å²) in [6, 6.07) is 11.0. The fourth-order valence-corrected chi connectivity index (χ4v) is 4.31. The van der Waals surface area contributed by atoms with E-state index >= 15 is 0 Å². The third-order valence-electron chi connectivity index (χ3n) is 5.87. The predicted octanol–water partition coefficient (Wildman–Crippen LogP) is 6.42. The molecule has 0 bridgehead atoms. The number of hydrogen-bond donors (Lipinski definition) is 2. The van der Waals surface area contributed by atoms with E-state index in [1.807, 2.05) is 13.0 Å². The minimum Gasteiger partial charge on any atom is -0.495 e. The number of alkyl halides is 3. The molecule has 3 aromatic carbocycles. The number of ether oxygens (including phenoxy) is 1. The molecular weight excluding hydrogens is 512 g/mol. The van der Waals surface area contributed by atoms with Gasteiger partial charge in [-0.25, -0.2) is 4.39 Å². The summed E-state index contributed by atoms with van der Waals surface area (Å²) in [6.45, 7) is 2.40. The van der Waals surface area contributed by atoms with E-state index in [2.05, 4.69) is 15.7 Å². The Kier molecular flexibility index (Phi) is 7.58. The van der Waals surface area contributed by atoms with Crippen molar-refractivity contribution in [3.63, 3.8) is 0 Å². The Morgan fingerprint density at radius 3 is 2.57 bits per heavy atom. The summed E-state index contributed by atoms with van der Waals surface area (Å²) in [6.07, 6.45) is -3.14. The van der Waals surface area contributed by atoms with E-state index < -0.39 is 30.0 Å². The first kappa shape index (κ1) is 26.3. The van der Waals surface area contributed by atoms with Crippen molar-refractivity contribution in [2.45, 2.75) is 32.7 Å².